The van der Waals surface area contributed by atoms with E-state index >= 15 is 0 Å². The van der Waals surface area contributed by atoms with Gasteiger partial charge in [-0.15, -0.1) is 0 Å². The second-order valence-electron chi connectivity index (χ2n) is 2.95. The standard InChI is InChI=1S/C7H12O4/c1-11-6(8)5-2-3-7(9,10)4-5/h5,9-10H,2-4H2,1H3. The summed E-state index contributed by atoms with van der Waals surface area (Å²) in [7, 11) is 1.30. The Labute approximate surface area is 64.8 Å². The molecule has 0 spiro atoms. The maximum atomic E-state index is 10.9. The maximum Gasteiger partial charge on any atom is 0.308 e. The molecular weight excluding hydrogens is 148 g/mol. The fourth-order valence-electron chi connectivity index (χ4n) is 1.37. The lowest BCUT2D eigenvalue weighted by Crippen LogP contribution is -2.25. The first-order chi connectivity index (χ1) is 5.05. The highest BCUT2D eigenvalue weighted by Gasteiger charge is 2.39. The first kappa shape index (κ1) is 8.49. The van der Waals surface area contributed by atoms with Gasteiger partial charge in [-0.3, -0.25) is 4.79 Å². The first-order valence-corrected chi connectivity index (χ1v) is 3.58. The van der Waals surface area contributed by atoms with E-state index in [0.717, 1.165) is 0 Å². The van der Waals surface area contributed by atoms with Gasteiger partial charge in [0, 0.05) is 12.8 Å². The highest BCUT2D eigenvalue weighted by atomic mass is 16.5. The molecule has 11 heavy (non-hydrogen) atoms. The van der Waals surface area contributed by atoms with Crippen molar-refractivity contribution < 1.29 is 19.7 Å². The van der Waals surface area contributed by atoms with Crippen LogP contribution in [0.2, 0.25) is 0 Å². The Hall–Kier alpha value is -0.610. The summed E-state index contributed by atoms with van der Waals surface area (Å²) < 4.78 is 4.47. The second-order valence-corrected chi connectivity index (χ2v) is 2.95. The van der Waals surface area contributed by atoms with Crippen LogP contribution in [0.3, 0.4) is 0 Å². The van der Waals surface area contributed by atoms with Crippen LogP contribution in [0.25, 0.3) is 0 Å². The smallest absolute Gasteiger partial charge is 0.308 e. The molecule has 1 fully saturated rings. The van der Waals surface area contributed by atoms with Gasteiger partial charge in [0.25, 0.3) is 0 Å². The Balaban J connectivity index is 2.48. The average molecular weight is 160 g/mol. The molecule has 0 bridgehead atoms. The lowest BCUT2D eigenvalue weighted by molar-refractivity contribution is -0.163. The Bertz CT molecular complexity index is 164. The number of ether oxygens (including phenoxy) is 1. The van der Waals surface area contributed by atoms with Crippen LogP contribution in [0.5, 0.6) is 0 Å². The van der Waals surface area contributed by atoms with Crippen molar-refractivity contribution in [1.82, 2.24) is 0 Å². The Morgan fingerprint density at radius 1 is 1.64 bits per heavy atom. The van der Waals surface area contributed by atoms with Crippen LogP contribution in [-0.2, 0) is 9.53 Å². The number of esters is 1. The summed E-state index contributed by atoms with van der Waals surface area (Å²) in [5, 5.41) is 18.1. The monoisotopic (exact) mass is 160 g/mol. The first-order valence-electron chi connectivity index (χ1n) is 3.58. The maximum absolute atomic E-state index is 10.9. The predicted octanol–water partition coefficient (Wildman–Crippen LogP) is -0.360. The van der Waals surface area contributed by atoms with E-state index in [4.69, 9.17) is 10.2 Å². The fraction of sp³-hybridized carbons (Fsp3) is 0.857. The lowest BCUT2D eigenvalue weighted by Gasteiger charge is -2.13. The number of aliphatic hydroxyl groups is 2. The minimum Gasteiger partial charge on any atom is -0.469 e. The van der Waals surface area contributed by atoms with Crippen LogP contribution in [-0.4, -0.2) is 29.1 Å². The highest BCUT2D eigenvalue weighted by molar-refractivity contribution is 5.72. The molecule has 1 aliphatic rings. The van der Waals surface area contributed by atoms with Crippen molar-refractivity contribution in [3.8, 4) is 0 Å². The van der Waals surface area contributed by atoms with Crippen LogP contribution in [0, 0.1) is 5.92 Å². The molecule has 1 unspecified atom stereocenters. The van der Waals surface area contributed by atoms with Gasteiger partial charge in [-0.05, 0) is 6.42 Å². The van der Waals surface area contributed by atoms with Gasteiger partial charge in [-0.1, -0.05) is 0 Å². The Morgan fingerprint density at radius 2 is 2.27 bits per heavy atom. The summed E-state index contributed by atoms with van der Waals surface area (Å²) >= 11 is 0. The number of carbonyl (C=O) groups excluding carboxylic acids is 1. The lowest BCUT2D eigenvalue weighted by atomic mass is 10.1. The summed E-state index contributed by atoms with van der Waals surface area (Å²) in [6.07, 6.45) is 0.853. The largest absolute Gasteiger partial charge is 0.469 e. The minimum absolute atomic E-state index is 0.0969. The Kier molecular flexibility index (Phi) is 2.15. The van der Waals surface area contributed by atoms with Crippen molar-refractivity contribution in [1.29, 1.82) is 0 Å². The fourth-order valence-corrected chi connectivity index (χ4v) is 1.37. The van der Waals surface area contributed by atoms with Crippen molar-refractivity contribution in [3.05, 3.63) is 0 Å². The molecule has 1 aliphatic carbocycles. The van der Waals surface area contributed by atoms with Gasteiger partial charge >= 0.3 is 5.97 Å². The van der Waals surface area contributed by atoms with Gasteiger partial charge in [0.2, 0.25) is 0 Å². The number of methoxy groups -OCH3 is 1. The predicted molar refractivity (Wildman–Crippen MR) is 36.5 cm³/mol. The number of hydrogen-bond acceptors (Lipinski definition) is 4. The van der Waals surface area contributed by atoms with Gasteiger partial charge < -0.3 is 14.9 Å². The van der Waals surface area contributed by atoms with Gasteiger partial charge in [0.05, 0.1) is 13.0 Å². The number of hydrogen-bond donors (Lipinski definition) is 2. The van der Waals surface area contributed by atoms with E-state index in [0.29, 0.717) is 6.42 Å². The van der Waals surface area contributed by atoms with E-state index < -0.39 is 5.79 Å². The Morgan fingerprint density at radius 3 is 2.64 bits per heavy atom. The summed E-state index contributed by atoms with van der Waals surface area (Å²) in [6, 6.07) is 0. The molecule has 0 aromatic carbocycles. The topological polar surface area (TPSA) is 66.8 Å². The van der Waals surface area contributed by atoms with Crippen molar-refractivity contribution in [2.24, 2.45) is 5.92 Å². The van der Waals surface area contributed by atoms with Gasteiger partial charge in [0.15, 0.2) is 5.79 Å². The zero-order chi connectivity index (χ0) is 8.48. The van der Waals surface area contributed by atoms with E-state index in [1.54, 1.807) is 0 Å². The zero-order valence-corrected chi connectivity index (χ0v) is 6.41. The molecule has 1 rings (SSSR count). The summed E-state index contributed by atoms with van der Waals surface area (Å²) in [5.41, 5.74) is 0. The quantitative estimate of drug-likeness (QED) is 0.406. The van der Waals surface area contributed by atoms with Gasteiger partial charge in [-0.25, -0.2) is 0 Å². The van der Waals surface area contributed by atoms with Gasteiger partial charge in [-0.2, -0.15) is 0 Å². The molecule has 64 valence electrons. The van der Waals surface area contributed by atoms with Crippen LogP contribution >= 0.6 is 0 Å². The highest BCUT2D eigenvalue weighted by Crippen LogP contribution is 2.32. The van der Waals surface area contributed by atoms with Crippen LogP contribution in [0.15, 0.2) is 0 Å². The number of rotatable bonds is 1. The van der Waals surface area contributed by atoms with Crippen molar-refractivity contribution in [2.45, 2.75) is 25.0 Å². The van der Waals surface area contributed by atoms with Crippen LogP contribution in [0.4, 0.5) is 0 Å². The SMILES string of the molecule is COC(=O)C1CCC(O)(O)C1. The van der Waals surface area contributed by atoms with E-state index in [1.165, 1.54) is 7.11 Å². The van der Waals surface area contributed by atoms with Crippen LogP contribution < -0.4 is 0 Å². The minimum atomic E-state index is -1.65. The molecular formula is C7H12O4. The summed E-state index contributed by atoms with van der Waals surface area (Å²) in [5.74, 6) is -2.34. The third-order valence-corrected chi connectivity index (χ3v) is 2.00. The number of carbonyl (C=O) groups is 1. The van der Waals surface area contributed by atoms with E-state index in [-0.39, 0.29) is 24.7 Å². The molecule has 2 N–H and O–H groups in total. The molecule has 0 aromatic rings. The second kappa shape index (κ2) is 2.79. The van der Waals surface area contributed by atoms with E-state index in [1.807, 2.05) is 0 Å². The average Bonchev–Trinajstić information content (AvgIpc) is 2.29. The molecule has 0 amide bonds. The molecule has 4 nitrogen and oxygen atoms in total. The summed E-state index contributed by atoms with van der Waals surface area (Å²) in [6.45, 7) is 0. The third kappa shape index (κ3) is 1.91. The molecule has 1 atom stereocenters. The molecule has 0 radical (unpaired) electrons. The van der Waals surface area contributed by atoms with E-state index in [2.05, 4.69) is 4.74 Å². The molecule has 4 heteroatoms. The van der Waals surface area contributed by atoms with Gasteiger partial charge in [0.1, 0.15) is 0 Å². The third-order valence-electron chi connectivity index (χ3n) is 2.00. The zero-order valence-electron chi connectivity index (χ0n) is 6.41. The summed E-state index contributed by atoms with van der Waals surface area (Å²) in [4.78, 5) is 10.9. The van der Waals surface area contributed by atoms with Crippen LogP contribution in [0.1, 0.15) is 19.3 Å². The molecule has 0 aliphatic heterocycles. The van der Waals surface area contributed by atoms with Crippen molar-refractivity contribution in [3.63, 3.8) is 0 Å². The normalized spacial score (nSPS) is 28.5. The van der Waals surface area contributed by atoms with E-state index in [9.17, 15) is 4.79 Å². The molecule has 0 aromatic heterocycles. The molecule has 0 saturated heterocycles. The van der Waals surface area contributed by atoms with Crippen molar-refractivity contribution >= 4 is 5.97 Å². The molecule has 0 heterocycles. The van der Waals surface area contributed by atoms with Crippen molar-refractivity contribution in [2.75, 3.05) is 7.11 Å². The molecule has 1 saturated carbocycles.